The van der Waals surface area contributed by atoms with E-state index in [0.29, 0.717) is 12.1 Å². The topological polar surface area (TPSA) is 65.5 Å². The third-order valence-electron chi connectivity index (χ3n) is 1.15. The van der Waals surface area contributed by atoms with Crippen molar-refractivity contribution in [1.82, 2.24) is 0 Å². The van der Waals surface area contributed by atoms with Gasteiger partial charge in [-0.3, -0.25) is 4.79 Å². The Hall–Kier alpha value is -1.45. The Kier molecular flexibility index (Phi) is 2.15. The largest absolute Gasteiger partial charge is 0.432 e. The molecule has 4 nitrogen and oxygen atoms in total. The van der Waals surface area contributed by atoms with Crippen LogP contribution in [0.3, 0.4) is 0 Å². The van der Waals surface area contributed by atoms with Crippen LogP contribution >= 0.6 is 0 Å². The van der Waals surface area contributed by atoms with Crippen molar-refractivity contribution in [2.75, 3.05) is 5.73 Å². The summed E-state index contributed by atoms with van der Waals surface area (Å²) in [6.07, 6.45) is 1.67. The van der Waals surface area contributed by atoms with Crippen molar-refractivity contribution >= 4 is 11.7 Å². The third kappa shape index (κ3) is 1.73. The number of esters is 1. The summed E-state index contributed by atoms with van der Waals surface area (Å²) in [5.41, 5.74) is 5.71. The van der Waals surface area contributed by atoms with Crippen LogP contribution < -0.4 is 10.5 Å². The highest BCUT2D eigenvalue weighted by molar-refractivity contribution is 5.72. The summed E-state index contributed by atoms with van der Waals surface area (Å²) in [7, 11) is 0. The zero-order chi connectivity index (χ0) is 8.27. The fourth-order valence-corrected chi connectivity index (χ4v) is 0.564. The van der Waals surface area contributed by atoms with Gasteiger partial charge in [0, 0.05) is 12.5 Å². The Balaban J connectivity index is 2.64. The Morgan fingerprint density at radius 1 is 1.82 bits per heavy atom. The van der Waals surface area contributed by atoms with E-state index in [1.165, 1.54) is 12.3 Å². The van der Waals surface area contributed by atoms with E-state index in [1.54, 1.807) is 6.92 Å². The van der Waals surface area contributed by atoms with Crippen LogP contribution in [-0.2, 0) is 4.79 Å². The quantitative estimate of drug-likeness (QED) is 0.651. The molecule has 2 N–H and O–H groups in total. The van der Waals surface area contributed by atoms with Crippen LogP contribution in [0.5, 0.6) is 5.95 Å². The van der Waals surface area contributed by atoms with Gasteiger partial charge in [0.25, 0.3) is 0 Å². The molecule has 0 spiro atoms. The number of nitrogens with two attached hydrogens (primary N) is 1. The first kappa shape index (κ1) is 7.65. The van der Waals surface area contributed by atoms with E-state index < -0.39 is 0 Å². The Morgan fingerprint density at radius 3 is 3.00 bits per heavy atom. The van der Waals surface area contributed by atoms with E-state index in [2.05, 4.69) is 0 Å². The van der Waals surface area contributed by atoms with E-state index in [0.717, 1.165) is 0 Å². The highest BCUT2D eigenvalue weighted by atomic mass is 16.6. The summed E-state index contributed by atoms with van der Waals surface area (Å²) in [6, 6.07) is 1.53. The number of furan rings is 1. The van der Waals surface area contributed by atoms with Crippen molar-refractivity contribution in [3.05, 3.63) is 12.3 Å². The van der Waals surface area contributed by atoms with Crippen LogP contribution in [0.4, 0.5) is 5.69 Å². The molecule has 4 heteroatoms. The average Bonchev–Trinajstić information content (AvgIpc) is 2.37. The lowest BCUT2D eigenvalue weighted by Gasteiger charge is -1.97. The number of anilines is 1. The van der Waals surface area contributed by atoms with Crippen molar-refractivity contribution in [3.8, 4) is 5.95 Å². The molecule has 0 bridgehead atoms. The van der Waals surface area contributed by atoms with E-state index in [4.69, 9.17) is 14.9 Å². The highest BCUT2D eigenvalue weighted by Gasteiger charge is 2.07. The second-order valence-electron chi connectivity index (χ2n) is 1.99. The van der Waals surface area contributed by atoms with Gasteiger partial charge in [-0.2, -0.15) is 0 Å². The molecule has 0 aromatic carbocycles. The van der Waals surface area contributed by atoms with Gasteiger partial charge >= 0.3 is 11.9 Å². The number of hydrogen-bond donors (Lipinski definition) is 1. The second kappa shape index (κ2) is 3.09. The first-order valence-electron chi connectivity index (χ1n) is 3.27. The molecule has 0 atom stereocenters. The van der Waals surface area contributed by atoms with E-state index in [1.807, 2.05) is 0 Å². The molecule has 0 aliphatic carbocycles. The molecule has 1 aromatic heterocycles. The summed E-state index contributed by atoms with van der Waals surface area (Å²) in [5.74, 6) is -0.275. The maximum absolute atomic E-state index is 10.7. The molecular formula is C7H9NO3. The van der Waals surface area contributed by atoms with Crippen LogP contribution in [-0.4, -0.2) is 5.97 Å². The maximum atomic E-state index is 10.7. The van der Waals surface area contributed by atoms with Gasteiger partial charge in [-0.15, -0.1) is 0 Å². The van der Waals surface area contributed by atoms with Gasteiger partial charge in [0.2, 0.25) is 0 Å². The van der Waals surface area contributed by atoms with Crippen LogP contribution in [0.2, 0.25) is 0 Å². The fourth-order valence-electron chi connectivity index (χ4n) is 0.564. The standard InChI is InChI=1S/C7H9NO3/c1-2-6(9)11-7-5(8)3-4-10-7/h3-4H,2,8H2,1H3. The molecule has 0 fully saturated rings. The number of ether oxygens (including phenoxy) is 1. The molecule has 0 unspecified atom stereocenters. The summed E-state index contributed by atoms with van der Waals surface area (Å²) in [6.45, 7) is 1.70. The minimum atomic E-state index is -0.355. The molecule has 0 aliphatic rings. The molecule has 0 saturated heterocycles. The lowest BCUT2D eigenvalue weighted by Crippen LogP contribution is -2.05. The lowest BCUT2D eigenvalue weighted by molar-refractivity contribution is -0.135. The van der Waals surface area contributed by atoms with Crippen LogP contribution in [0, 0.1) is 0 Å². The Labute approximate surface area is 63.9 Å². The van der Waals surface area contributed by atoms with Crippen molar-refractivity contribution in [2.45, 2.75) is 13.3 Å². The van der Waals surface area contributed by atoms with Crippen LogP contribution in [0.15, 0.2) is 16.7 Å². The summed E-state index contributed by atoms with van der Waals surface area (Å²) in [5, 5.41) is 0. The van der Waals surface area contributed by atoms with Crippen molar-refractivity contribution in [2.24, 2.45) is 0 Å². The van der Waals surface area contributed by atoms with Crippen LogP contribution in [0.1, 0.15) is 13.3 Å². The molecule has 1 heterocycles. The van der Waals surface area contributed by atoms with Gasteiger partial charge in [-0.05, 0) is 0 Å². The summed E-state index contributed by atoms with van der Waals surface area (Å²) >= 11 is 0. The molecule has 0 saturated carbocycles. The molecule has 1 rings (SSSR count). The SMILES string of the molecule is CCC(=O)Oc1occc1N. The lowest BCUT2D eigenvalue weighted by atomic mass is 10.5. The molecule has 11 heavy (non-hydrogen) atoms. The van der Waals surface area contributed by atoms with Gasteiger partial charge in [0.1, 0.15) is 5.69 Å². The molecular weight excluding hydrogens is 146 g/mol. The number of rotatable bonds is 2. The number of nitrogen functional groups attached to an aromatic ring is 1. The van der Waals surface area contributed by atoms with E-state index in [9.17, 15) is 4.79 Å². The first-order chi connectivity index (χ1) is 5.24. The van der Waals surface area contributed by atoms with E-state index in [-0.39, 0.29) is 11.9 Å². The monoisotopic (exact) mass is 155 g/mol. The van der Waals surface area contributed by atoms with Gasteiger partial charge in [-0.25, -0.2) is 0 Å². The van der Waals surface area contributed by atoms with Gasteiger partial charge in [-0.1, -0.05) is 6.92 Å². The second-order valence-corrected chi connectivity index (χ2v) is 1.99. The molecule has 0 aliphatic heterocycles. The van der Waals surface area contributed by atoms with Gasteiger partial charge in [0.15, 0.2) is 0 Å². The number of hydrogen-bond acceptors (Lipinski definition) is 4. The van der Waals surface area contributed by atoms with Crippen molar-refractivity contribution in [3.63, 3.8) is 0 Å². The number of carbonyl (C=O) groups is 1. The molecule has 0 amide bonds. The molecule has 0 radical (unpaired) electrons. The van der Waals surface area contributed by atoms with Gasteiger partial charge in [0.05, 0.1) is 6.26 Å². The van der Waals surface area contributed by atoms with E-state index >= 15 is 0 Å². The smallest absolute Gasteiger partial charge is 0.316 e. The zero-order valence-corrected chi connectivity index (χ0v) is 6.16. The van der Waals surface area contributed by atoms with Gasteiger partial charge < -0.3 is 14.9 Å². The third-order valence-corrected chi connectivity index (χ3v) is 1.15. The predicted molar refractivity (Wildman–Crippen MR) is 39.0 cm³/mol. The van der Waals surface area contributed by atoms with Crippen molar-refractivity contribution in [1.29, 1.82) is 0 Å². The van der Waals surface area contributed by atoms with Crippen LogP contribution in [0.25, 0.3) is 0 Å². The first-order valence-corrected chi connectivity index (χ1v) is 3.27. The Morgan fingerprint density at radius 2 is 2.55 bits per heavy atom. The highest BCUT2D eigenvalue weighted by Crippen LogP contribution is 2.21. The summed E-state index contributed by atoms with van der Waals surface area (Å²) < 4.78 is 9.47. The minimum Gasteiger partial charge on any atom is -0.432 e. The predicted octanol–water partition coefficient (Wildman–Crippen LogP) is 1.18. The maximum Gasteiger partial charge on any atom is 0.316 e. The normalized spacial score (nSPS) is 9.55. The summed E-state index contributed by atoms with van der Waals surface area (Å²) in [4.78, 5) is 10.7. The Bertz CT molecular complexity index is 254. The zero-order valence-electron chi connectivity index (χ0n) is 6.16. The minimum absolute atomic E-state index is 0.0804. The number of carbonyl (C=O) groups excluding carboxylic acids is 1. The average molecular weight is 155 g/mol. The molecule has 60 valence electrons. The molecule has 1 aromatic rings. The fraction of sp³-hybridized carbons (Fsp3) is 0.286. The van der Waals surface area contributed by atoms with Crippen molar-refractivity contribution < 1.29 is 13.9 Å².